The molecule has 0 saturated carbocycles. The Morgan fingerprint density at radius 1 is 0.935 bits per heavy atom. The summed E-state index contributed by atoms with van der Waals surface area (Å²) < 4.78 is 33.7. The Labute approximate surface area is 183 Å². The van der Waals surface area contributed by atoms with Crippen LogP contribution in [0.15, 0.2) is 89.8 Å². The summed E-state index contributed by atoms with van der Waals surface area (Å²) in [5.41, 5.74) is 0.835. The molecule has 0 aliphatic carbocycles. The van der Waals surface area contributed by atoms with Gasteiger partial charge in [0.15, 0.2) is 0 Å². The van der Waals surface area contributed by atoms with E-state index in [1.54, 1.807) is 30.3 Å². The number of carbonyl (C=O) groups is 1. The average Bonchev–Trinajstić information content (AvgIpc) is 2.80. The molecule has 3 aromatic rings. The van der Waals surface area contributed by atoms with Gasteiger partial charge in [0.25, 0.3) is 0 Å². The van der Waals surface area contributed by atoms with Crippen molar-refractivity contribution in [1.82, 2.24) is 10.0 Å². The molecule has 1 amide bonds. The van der Waals surface area contributed by atoms with Crippen LogP contribution < -0.4 is 14.8 Å². The SMILES string of the molecule is O=C(NCCCOc1ccccc1)[C@H](Cc1cc[c]cc1)NS(=O)(=O)c1ccccc1. The molecule has 3 rings (SSSR count). The first-order valence-electron chi connectivity index (χ1n) is 10.0. The lowest BCUT2D eigenvalue weighted by Gasteiger charge is -2.19. The zero-order chi connectivity index (χ0) is 21.9. The van der Waals surface area contributed by atoms with Gasteiger partial charge >= 0.3 is 0 Å². The van der Waals surface area contributed by atoms with Gasteiger partial charge in [-0.1, -0.05) is 60.7 Å². The smallest absolute Gasteiger partial charge is 0.241 e. The minimum atomic E-state index is -3.84. The molecule has 0 aliphatic heterocycles. The molecule has 31 heavy (non-hydrogen) atoms. The van der Waals surface area contributed by atoms with Crippen molar-refractivity contribution < 1.29 is 17.9 Å². The molecule has 0 fully saturated rings. The lowest BCUT2D eigenvalue weighted by molar-refractivity contribution is -0.122. The van der Waals surface area contributed by atoms with E-state index in [0.29, 0.717) is 19.6 Å². The van der Waals surface area contributed by atoms with Crippen LogP contribution in [0.2, 0.25) is 0 Å². The van der Waals surface area contributed by atoms with Crippen molar-refractivity contribution in [3.05, 3.63) is 96.6 Å². The molecule has 2 N–H and O–H groups in total. The normalized spacial score (nSPS) is 12.1. The number of nitrogens with one attached hydrogen (secondary N) is 2. The molecule has 0 aromatic heterocycles. The van der Waals surface area contributed by atoms with Crippen molar-refractivity contribution in [2.75, 3.05) is 13.2 Å². The quantitative estimate of drug-likeness (QED) is 0.452. The summed E-state index contributed by atoms with van der Waals surface area (Å²) in [5.74, 6) is 0.384. The van der Waals surface area contributed by atoms with Gasteiger partial charge < -0.3 is 10.1 Å². The van der Waals surface area contributed by atoms with Gasteiger partial charge in [-0.3, -0.25) is 4.79 Å². The summed E-state index contributed by atoms with van der Waals surface area (Å²) >= 11 is 0. The summed E-state index contributed by atoms with van der Waals surface area (Å²) in [5, 5.41) is 2.81. The number of rotatable bonds is 11. The van der Waals surface area contributed by atoms with Crippen LogP contribution in [0.5, 0.6) is 5.75 Å². The van der Waals surface area contributed by atoms with Crippen LogP contribution in [0.1, 0.15) is 12.0 Å². The summed E-state index contributed by atoms with van der Waals surface area (Å²) in [6.07, 6.45) is 0.826. The topological polar surface area (TPSA) is 84.5 Å². The molecular weight excluding hydrogens is 412 g/mol. The number of carbonyl (C=O) groups excluding carboxylic acids is 1. The molecule has 1 radical (unpaired) electrons. The van der Waals surface area contributed by atoms with E-state index in [4.69, 9.17) is 4.74 Å². The maximum atomic E-state index is 12.8. The fourth-order valence-corrected chi connectivity index (χ4v) is 4.17. The largest absolute Gasteiger partial charge is 0.494 e. The summed E-state index contributed by atoms with van der Waals surface area (Å²) in [6, 6.07) is 26.5. The van der Waals surface area contributed by atoms with E-state index < -0.39 is 16.1 Å². The van der Waals surface area contributed by atoms with Crippen LogP contribution in [0, 0.1) is 6.07 Å². The van der Waals surface area contributed by atoms with Gasteiger partial charge in [0.05, 0.1) is 11.5 Å². The number of para-hydroxylation sites is 1. The van der Waals surface area contributed by atoms with Gasteiger partial charge in [-0.15, -0.1) is 0 Å². The average molecular weight is 438 g/mol. The van der Waals surface area contributed by atoms with Crippen molar-refractivity contribution in [3.8, 4) is 5.75 Å². The van der Waals surface area contributed by atoms with Crippen LogP contribution >= 0.6 is 0 Å². The van der Waals surface area contributed by atoms with Crippen LogP contribution in [0.3, 0.4) is 0 Å². The number of sulfonamides is 1. The first-order chi connectivity index (χ1) is 15.0. The Hall–Kier alpha value is -3.16. The third kappa shape index (κ3) is 7.24. The van der Waals surface area contributed by atoms with Gasteiger partial charge in [-0.05, 0) is 48.7 Å². The molecule has 1 atom stereocenters. The van der Waals surface area contributed by atoms with E-state index >= 15 is 0 Å². The van der Waals surface area contributed by atoms with Gasteiger partial charge in [0.2, 0.25) is 15.9 Å². The third-order valence-electron chi connectivity index (χ3n) is 4.53. The zero-order valence-electron chi connectivity index (χ0n) is 17.0. The van der Waals surface area contributed by atoms with Crippen LogP contribution in [-0.2, 0) is 21.2 Å². The second kappa shape index (κ2) is 11.3. The zero-order valence-corrected chi connectivity index (χ0v) is 17.8. The predicted octanol–water partition coefficient (Wildman–Crippen LogP) is 2.96. The molecule has 6 nitrogen and oxygen atoms in total. The highest BCUT2D eigenvalue weighted by Gasteiger charge is 2.25. The number of ether oxygens (including phenoxy) is 1. The highest BCUT2D eigenvalue weighted by Crippen LogP contribution is 2.11. The van der Waals surface area contributed by atoms with E-state index in [9.17, 15) is 13.2 Å². The second-order valence-electron chi connectivity index (χ2n) is 6.91. The predicted molar refractivity (Wildman–Crippen MR) is 119 cm³/mol. The van der Waals surface area contributed by atoms with E-state index in [1.807, 2.05) is 42.5 Å². The van der Waals surface area contributed by atoms with Crippen LogP contribution in [0.25, 0.3) is 0 Å². The van der Waals surface area contributed by atoms with Crippen molar-refractivity contribution in [1.29, 1.82) is 0 Å². The molecule has 0 saturated heterocycles. The van der Waals surface area contributed by atoms with Gasteiger partial charge in [0.1, 0.15) is 11.8 Å². The fourth-order valence-electron chi connectivity index (χ4n) is 2.95. The van der Waals surface area contributed by atoms with Gasteiger partial charge in [-0.25, -0.2) is 8.42 Å². The van der Waals surface area contributed by atoms with Gasteiger partial charge in [0, 0.05) is 6.54 Å². The van der Waals surface area contributed by atoms with Crippen molar-refractivity contribution in [2.24, 2.45) is 0 Å². The Morgan fingerprint density at radius 3 is 2.26 bits per heavy atom. The minimum absolute atomic E-state index is 0.116. The maximum Gasteiger partial charge on any atom is 0.241 e. The lowest BCUT2D eigenvalue weighted by atomic mass is 10.1. The Kier molecular flexibility index (Phi) is 8.20. The van der Waals surface area contributed by atoms with Crippen LogP contribution in [0.4, 0.5) is 0 Å². The number of amides is 1. The summed E-state index contributed by atoms with van der Waals surface area (Å²) in [7, 11) is -3.84. The first-order valence-corrected chi connectivity index (χ1v) is 11.5. The van der Waals surface area contributed by atoms with E-state index in [-0.39, 0.29) is 17.2 Å². The molecule has 0 bridgehead atoms. The molecule has 7 heteroatoms. The molecule has 0 unspecified atom stereocenters. The molecule has 0 spiro atoms. The first kappa shape index (κ1) is 22.5. The summed E-state index contributed by atoms with van der Waals surface area (Å²) in [6.45, 7) is 0.816. The molecule has 0 heterocycles. The van der Waals surface area contributed by atoms with Crippen molar-refractivity contribution >= 4 is 15.9 Å². The minimum Gasteiger partial charge on any atom is -0.494 e. The standard InChI is InChI=1S/C24H25N2O4S/c27-24(25-17-10-18-30-21-13-6-2-7-14-21)23(19-20-11-4-1-5-12-20)26-31(28,29)22-15-8-3-9-16-22/h2-9,11-16,23,26H,10,17-19H2,(H,25,27)/t23-/m0/s1. The molecule has 0 aliphatic rings. The highest BCUT2D eigenvalue weighted by atomic mass is 32.2. The van der Waals surface area contributed by atoms with E-state index in [0.717, 1.165) is 11.3 Å². The van der Waals surface area contributed by atoms with E-state index in [1.165, 1.54) is 12.1 Å². The number of benzene rings is 3. The number of hydrogen-bond acceptors (Lipinski definition) is 4. The van der Waals surface area contributed by atoms with Crippen LogP contribution in [-0.4, -0.2) is 33.5 Å². The fraction of sp³-hybridized carbons (Fsp3) is 0.208. The van der Waals surface area contributed by atoms with Crippen molar-refractivity contribution in [3.63, 3.8) is 0 Å². The number of hydrogen-bond donors (Lipinski definition) is 2. The third-order valence-corrected chi connectivity index (χ3v) is 6.01. The van der Waals surface area contributed by atoms with Crippen molar-refractivity contribution in [2.45, 2.75) is 23.8 Å². The maximum absolute atomic E-state index is 12.8. The lowest BCUT2D eigenvalue weighted by Crippen LogP contribution is -2.48. The molecule has 3 aromatic carbocycles. The molecular formula is C24H25N2O4S. The van der Waals surface area contributed by atoms with Gasteiger partial charge in [-0.2, -0.15) is 4.72 Å². The second-order valence-corrected chi connectivity index (χ2v) is 8.62. The summed E-state index contributed by atoms with van der Waals surface area (Å²) in [4.78, 5) is 12.9. The Morgan fingerprint density at radius 2 is 1.58 bits per heavy atom. The Bertz CT molecular complexity index is 1040. The molecule has 161 valence electrons. The Balaban J connectivity index is 1.59. The highest BCUT2D eigenvalue weighted by molar-refractivity contribution is 7.89. The monoisotopic (exact) mass is 437 g/mol. The van der Waals surface area contributed by atoms with E-state index in [2.05, 4.69) is 16.1 Å².